The van der Waals surface area contributed by atoms with Crippen LogP contribution in [0.15, 0.2) is 46.1 Å². The Hall–Kier alpha value is -1.70. The quantitative estimate of drug-likeness (QED) is 0.345. The van der Waals surface area contributed by atoms with Gasteiger partial charge in [-0.25, -0.2) is 0 Å². The molecule has 2 nitrogen and oxygen atoms in total. The van der Waals surface area contributed by atoms with Gasteiger partial charge >= 0.3 is 0 Å². The molecule has 0 N–H and O–H groups in total. The Morgan fingerprint density at radius 2 is 1.70 bits per heavy atom. The van der Waals surface area contributed by atoms with Crippen LogP contribution in [0.3, 0.4) is 0 Å². The maximum Gasteiger partial charge on any atom is 0.169 e. The van der Waals surface area contributed by atoms with E-state index in [1.165, 1.54) is 60.8 Å². The topological polar surface area (TPSA) is 34.1 Å². The molecule has 0 radical (unpaired) electrons. The summed E-state index contributed by atoms with van der Waals surface area (Å²) < 4.78 is 0. The molecular formula is C38H56O2. The normalized spacial score (nSPS) is 40.6. The van der Waals surface area contributed by atoms with Crippen molar-refractivity contribution in [2.45, 2.75) is 127 Å². The third-order valence-corrected chi connectivity index (χ3v) is 13.0. The molecule has 0 saturated heterocycles. The molecule has 3 saturated carbocycles. The van der Waals surface area contributed by atoms with Gasteiger partial charge in [-0.2, -0.15) is 0 Å². The number of Topliss-reactive ketones (excluding diaryl/α,β-unsaturated/α-hetero) is 2. The maximum atomic E-state index is 14.9. The molecule has 220 valence electrons. The van der Waals surface area contributed by atoms with E-state index in [4.69, 9.17) is 0 Å². The van der Waals surface area contributed by atoms with E-state index in [0.717, 1.165) is 42.7 Å². The summed E-state index contributed by atoms with van der Waals surface area (Å²) >= 11 is 0. The number of fused-ring (bicyclic) bond motifs is 3. The van der Waals surface area contributed by atoms with Crippen molar-refractivity contribution in [1.29, 1.82) is 0 Å². The van der Waals surface area contributed by atoms with Crippen LogP contribution in [-0.4, -0.2) is 11.6 Å². The molecule has 7 unspecified atom stereocenters. The van der Waals surface area contributed by atoms with Crippen LogP contribution in [-0.2, 0) is 9.59 Å². The second-order valence-electron chi connectivity index (χ2n) is 16.0. The van der Waals surface area contributed by atoms with Gasteiger partial charge in [-0.1, -0.05) is 110 Å². The van der Waals surface area contributed by atoms with E-state index >= 15 is 0 Å². The smallest absolute Gasteiger partial charge is 0.169 e. The minimum Gasteiger partial charge on any atom is -0.299 e. The number of allylic oxidation sites excluding steroid dienone is 7. The molecule has 0 aromatic carbocycles. The highest BCUT2D eigenvalue weighted by Crippen LogP contribution is 2.70. The summed E-state index contributed by atoms with van der Waals surface area (Å²) in [5.74, 6) is 2.12. The predicted molar refractivity (Wildman–Crippen MR) is 167 cm³/mol. The minimum absolute atomic E-state index is 0.00606. The van der Waals surface area contributed by atoms with Gasteiger partial charge in [0.15, 0.2) is 5.78 Å². The molecule has 3 fully saturated rings. The summed E-state index contributed by atoms with van der Waals surface area (Å²) in [4.78, 5) is 29.3. The lowest BCUT2D eigenvalue weighted by Crippen LogP contribution is -2.65. The Kier molecular flexibility index (Phi) is 7.62. The Morgan fingerprint density at radius 1 is 1.05 bits per heavy atom. The summed E-state index contributed by atoms with van der Waals surface area (Å²) in [6, 6.07) is 0. The van der Waals surface area contributed by atoms with Crippen LogP contribution >= 0.6 is 0 Å². The number of hydrogen-bond donors (Lipinski definition) is 0. The number of carbonyl (C=O) groups excluding carboxylic acids is 2. The average molecular weight is 545 g/mol. The van der Waals surface area contributed by atoms with Gasteiger partial charge < -0.3 is 0 Å². The fraction of sp³-hybridized carbons (Fsp3) is 0.737. The molecule has 7 atom stereocenters. The van der Waals surface area contributed by atoms with Crippen molar-refractivity contribution in [1.82, 2.24) is 0 Å². The van der Waals surface area contributed by atoms with Gasteiger partial charge in [0.25, 0.3) is 0 Å². The van der Waals surface area contributed by atoms with Crippen molar-refractivity contribution in [2.24, 2.45) is 51.8 Å². The zero-order valence-corrected chi connectivity index (χ0v) is 27.1. The van der Waals surface area contributed by atoms with E-state index < -0.39 is 5.41 Å². The van der Waals surface area contributed by atoms with Crippen molar-refractivity contribution >= 4 is 11.6 Å². The van der Waals surface area contributed by atoms with Gasteiger partial charge in [-0.15, -0.1) is 0 Å². The van der Waals surface area contributed by atoms with Crippen LogP contribution in [0.2, 0.25) is 0 Å². The van der Waals surface area contributed by atoms with Crippen molar-refractivity contribution < 1.29 is 9.59 Å². The summed E-state index contributed by atoms with van der Waals surface area (Å²) in [6.07, 6.45) is 14.7. The third kappa shape index (κ3) is 4.32. The maximum absolute atomic E-state index is 14.9. The van der Waals surface area contributed by atoms with Gasteiger partial charge in [0.2, 0.25) is 0 Å². The monoisotopic (exact) mass is 544 g/mol. The highest BCUT2D eigenvalue weighted by atomic mass is 16.1. The second kappa shape index (κ2) is 10.2. The SMILES string of the molecule is C=C(C)C1=C(C)CC2(C)CC3(C)CC4=C(C(C)C)C=C(CCC5CCCCC5)C(C)C4C(=O)C3C(C)C2(C)C1=O. The number of ketones is 2. The molecule has 40 heavy (non-hydrogen) atoms. The van der Waals surface area contributed by atoms with Crippen molar-refractivity contribution in [3.8, 4) is 0 Å². The first-order valence-electron chi connectivity index (χ1n) is 16.5. The molecule has 0 aromatic heterocycles. The molecule has 5 aliphatic rings. The predicted octanol–water partition coefficient (Wildman–Crippen LogP) is 10.0. The van der Waals surface area contributed by atoms with E-state index in [2.05, 4.69) is 68.0 Å². The van der Waals surface area contributed by atoms with Gasteiger partial charge in [0, 0.05) is 22.8 Å². The molecular weight excluding hydrogens is 488 g/mol. The first-order valence-corrected chi connectivity index (χ1v) is 16.5. The lowest BCUT2D eigenvalue weighted by atomic mass is 9.36. The first kappa shape index (κ1) is 29.8. The van der Waals surface area contributed by atoms with Crippen molar-refractivity contribution in [3.05, 3.63) is 46.1 Å². The Balaban J connectivity index is 1.55. The Labute approximate surface area is 245 Å². The molecule has 5 rings (SSSR count). The van der Waals surface area contributed by atoms with Gasteiger partial charge in [-0.05, 0) is 91.6 Å². The van der Waals surface area contributed by atoms with E-state index in [9.17, 15) is 9.59 Å². The third-order valence-electron chi connectivity index (χ3n) is 13.0. The Bertz CT molecular complexity index is 1200. The minimum atomic E-state index is -0.555. The van der Waals surface area contributed by atoms with Crippen molar-refractivity contribution in [2.75, 3.05) is 0 Å². The number of rotatable bonds is 5. The van der Waals surface area contributed by atoms with E-state index in [1.807, 2.05) is 6.92 Å². The Morgan fingerprint density at radius 3 is 2.30 bits per heavy atom. The first-order chi connectivity index (χ1) is 18.7. The highest BCUT2D eigenvalue weighted by Gasteiger charge is 2.68. The second-order valence-corrected chi connectivity index (χ2v) is 16.0. The zero-order valence-electron chi connectivity index (χ0n) is 27.1. The van der Waals surface area contributed by atoms with E-state index in [0.29, 0.717) is 11.7 Å². The molecule has 0 aliphatic heterocycles. The van der Waals surface area contributed by atoms with Crippen LogP contribution in [0.1, 0.15) is 127 Å². The lowest BCUT2D eigenvalue weighted by Gasteiger charge is -2.65. The van der Waals surface area contributed by atoms with E-state index in [1.54, 1.807) is 0 Å². The number of carbonyl (C=O) groups is 2. The van der Waals surface area contributed by atoms with E-state index in [-0.39, 0.29) is 40.3 Å². The van der Waals surface area contributed by atoms with Crippen LogP contribution < -0.4 is 0 Å². The van der Waals surface area contributed by atoms with Gasteiger partial charge in [0.1, 0.15) is 5.78 Å². The fourth-order valence-electron chi connectivity index (χ4n) is 10.9. The van der Waals surface area contributed by atoms with Crippen LogP contribution in [0.5, 0.6) is 0 Å². The summed E-state index contributed by atoms with van der Waals surface area (Å²) in [5.41, 5.74) is 6.46. The summed E-state index contributed by atoms with van der Waals surface area (Å²) in [6.45, 7) is 24.5. The van der Waals surface area contributed by atoms with Gasteiger partial charge in [0.05, 0.1) is 0 Å². The molecule has 0 spiro atoms. The van der Waals surface area contributed by atoms with Crippen LogP contribution in [0.4, 0.5) is 0 Å². The average Bonchev–Trinajstić information content (AvgIpc) is 2.85. The summed E-state index contributed by atoms with van der Waals surface area (Å²) in [7, 11) is 0. The fourth-order valence-corrected chi connectivity index (χ4v) is 10.9. The largest absolute Gasteiger partial charge is 0.299 e. The molecule has 0 heterocycles. The zero-order chi connectivity index (χ0) is 29.4. The summed E-state index contributed by atoms with van der Waals surface area (Å²) in [5, 5.41) is 0. The standard InChI is InChI=1S/C38H56O2/c1-22(2)29-18-28(17-16-27-14-12-11-13-15-27)25(6)32-30(29)20-36(8)21-37(9)19-24(5)31(23(3)4)35(40)38(37,10)26(7)33(36)34(32)39/h18,22,25-27,32-33H,3,11-17,19-21H2,1-2,4-10H3. The molecule has 0 amide bonds. The van der Waals surface area contributed by atoms with Gasteiger partial charge in [-0.3, -0.25) is 9.59 Å². The lowest BCUT2D eigenvalue weighted by molar-refractivity contribution is -0.175. The highest BCUT2D eigenvalue weighted by molar-refractivity contribution is 6.06. The van der Waals surface area contributed by atoms with Crippen LogP contribution in [0.25, 0.3) is 0 Å². The molecule has 5 aliphatic carbocycles. The van der Waals surface area contributed by atoms with Crippen LogP contribution in [0, 0.1) is 51.8 Å². The molecule has 0 aromatic rings. The number of hydrogen-bond acceptors (Lipinski definition) is 2. The molecule has 0 bridgehead atoms. The van der Waals surface area contributed by atoms with Crippen molar-refractivity contribution in [3.63, 3.8) is 0 Å². The molecule has 2 heteroatoms.